The molecule has 0 aliphatic rings. The van der Waals surface area contributed by atoms with E-state index in [0.29, 0.717) is 11.7 Å². The first kappa shape index (κ1) is 13.5. The molecule has 0 spiro atoms. The molecule has 0 radical (unpaired) electrons. The first-order valence-corrected chi connectivity index (χ1v) is 6.89. The van der Waals surface area contributed by atoms with Crippen LogP contribution in [0.4, 0.5) is 9.93 Å². The second-order valence-corrected chi connectivity index (χ2v) is 5.75. The van der Waals surface area contributed by atoms with E-state index in [0.717, 1.165) is 10.4 Å². The van der Waals surface area contributed by atoms with Crippen LogP contribution in [0.3, 0.4) is 0 Å². The van der Waals surface area contributed by atoms with Crippen molar-refractivity contribution >= 4 is 22.5 Å². The van der Waals surface area contributed by atoms with E-state index in [9.17, 15) is 4.79 Å². The van der Waals surface area contributed by atoms with Gasteiger partial charge >= 0.3 is 6.03 Å². The first-order chi connectivity index (χ1) is 9.04. The molecular weight excluding hydrogens is 258 g/mol. The van der Waals surface area contributed by atoms with Gasteiger partial charge in [0.25, 0.3) is 0 Å². The van der Waals surface area contributed by atoms with Crippen LogP contribution in [0, 0.1) is 20.8 Å². The Morgan fingerprint density at radius 1 is 1.32 bits per heavy atom. The monoisotopic (exact) mass is 275 g/mol. The number of thiazole rings is 1. The van der Waals surface area contributed by atoms with E-state index in [1.165, 1.54) is 22.5 Å². The van der Waals surface area contributed by atoms with Crippen LogP contribution in [-0.2, 0) is 6.54 Å². The number of nitrogens with zero attached hydrogens (tertiary/aromatic N) is 1. The third-order valence-corrected chi connectivity index (χ3v) is 3.61. The fraction of sp³-hybridized carbons (Fsp3) is 0.286. The molecule has 0 bridgehead atoms. The molecule has 0 aliphatic heterocycles. The largest absolute Gasteiger partial charge is 0.334 e. The third-order valence-electron chi connectivity index (χ3n) is 2.78. The summed E-state index contributed by atoms with van der Waals surface area (Å²) in [4.78, 5) is 16.9. The van der Waals surface area contributed by atoms with E-state index in [1.54, 1.807) is 6.20 Å². The maximum absolute atomic E-state index is 11.7. The summed E-state index contributed by atoms with van der Waals surface area (Å²) in [6, 6.07) is 5.97. The zero-order chi connectivity index (χ0) is 13.8. The minimum Gasteiger partial charge on any atom is -0.334 e. The van der Waals surface area contributed by atoms with Crippen molar-refractivity contribution in [2.24, 2.45) is 0 Å². The fourth-order valence-corrected chi connectivity index (χ4v) is 2.43. The van der Waals surface area contributed by atoms with E-state index in [-0.39, 0.29) is 6.03 Å². The second kappa shape index (κ2) is 5.84. The molecule has 2 amide bonds. The minimum atomic E-state index is -0.227. The molecule has 5 heteroatoms. The Kier molecular flexibility index (Phi) is 4.16. The van der Waals surface area contributed by atoms with Crippen LogP contribution in [0.15, 0.2) is 24.4 Å². The molecule has 1 aromatic heterocycles. The van der Waals surface area contributed by atoms with Crippen LogP contribution < -0.4 is 10.6 Å². The lowest BCUT2D eigenvalue weighted by Crippen LogP contribution is -2.28. The zero-order valence-electron chi connectivity index (χ0n) is 11.3. The zero-order valence-corrected chi connectivity index (χ0v) is 12.1. The molecule has 0 saturated carbocycles. The number of carbonyl (C=O) groups excluding carboxylic acids is 1. The number of aryl methyl sites for hydroxylation is 3. The summed E-state index contributed by atoms with van der Waals surface area (Å²) in [5, 5.41) is 6.18. The van der Waals surface area contributed by atoms with Crippen LogP contribution in [0.1, 0.15) is 21.6 Å². The predicted molar refractivity (Wildman–Crippen MR) is 78.6 cm³/mol. The Balaban J connectivity index is 1.89. The molecule has 100 valence electrons. The van der Waals surface area contributed by atoms with Crippen LogP contribution in [0.25, 0.3) is 0 Å². The summed E-state index contributed by atoms with van der Waals surface area (Å²) in [7, 11) is 0. The number of hydrogen-bond donors (Lipinski definition) is 2. The van der Waals surface area contributed by atoms with Crippen molar-refractivity contribution in [3.05, 3.63) is 46.0 Å². The van der Waals surface area contributed by atoms with Crippen molar-refractivity contribution in [3.63, 3.8) is 0 Å². The van der Waals surface area contributed by atoms with Gasteiger partial charge < -0.3 is 5.32 Å². The van der Waals surface area contributed by atoms with Crippen molar-refractivity contribution < 1.29 is 4.79 Å². The third kappa shape index (κ3) is 3.79. The summed E-state index contributed by atoms with van der Waals surface area (Å²) < 4.78 is 0. The summed E-state index contributed by atoms with van der Waals surface area (Å²) in [5.74, 6) is 0. The van der Waals surface area contributed by atoms with Crippen molar-refractivity contribution in [1.82, 2.24) is 10.3 Å². The van der Waals surface area contributed by atoms with Gasteiger partial charge in [0.2, 0.25) is 0 Å². The molecule has 19 heavy (non-hydrogen) atoms. The van der Waals surface area contributed by atoms with Crippen LogP contribution in [0.5, 0.6) is 0 Å². The molecule has 0 saturated heterocycles. The molecule has 4 nitrogen and oxygen atoms in total. The molecule has 1 aromatic carbocycles. The SMILES string of the molecule is Cc1ccc(CNC(=O)Nc2ncc(C)s2)c(C)c1. The van der Waals surface area contributed by atoms with Crippen molar-refractivity contribution in [1.29, 1.82) is 0 Å². The highest BCUT2D eigenvalue weighted by Gasteiger charge is 2.05. The first-order valence-electron chi connectivity index (χ1n) is 6.08. The second-order valence-electron chi connectivity index (χ2n) is 4.51. The van der Waals surface area contributed by atoms with Gasteiger partial charge in [-0.2, -0.15) is 0 Å². The fourth-order valence-electron chi connectivity index (χ4n) is 1.77. The van der Waals surface area contributed by atoms with E-state index >= 15 is 0 Å². The van der Waals surface area contributed by atoms with Gasteiger partial charge in [-0.15, -0.1) is 11.3 Å². The number of carbonyl (C=O) groups is 1. The molecule has 0 unspecified atom stereocenters. The number of rotatable bonds is 3. The molecule has 0 fully saturated rings. The average molecular weight is 275 g/mol. The normalized spacial score (nSPS) is 10.3. The number of nitrogens with one attached hydrogen (secondary N) is 2. The van der Waals surface area contributed by atoms with Gasteiger partial charge in [-0.1, -0.05) is 23.8 Å². The summed E-state index contributed by atoms with van der Waals surface area (Å²) in [6.45, 7) is 6.58. The Morgan fingerprint density at radius 2 is 2.11 bits per heavy atom. The molecule has 2 N–H and O–H groups in total. The predicted octanol–water partition coefficient (Wildman–Crippen LogP) is 3.39. The lowest BCUT2D eigenvalue weighted by atomic mass is 10.1. The lowest BCUT2D eigenvalue weighted by molar-refractivity contribution is 0.251. The number of urea groups is 1. The van der Waals surface area contributed by atoms with Crippen molar-refractivity contribution in [2.75, 3.05) is 5.32 Å². The molecule has 2 rings (SSSR count). The quantitative estimate of drug-likeness (QED) is 0.902. The van der Waals surface area contributed by atoms with Gasteiger partial charge in [0.05, 0.1) is 0 Å². The molecule has 2 aromatic rings. The minimum absolute atomic E-state index is 0.227. The van der Waals surface area contributed by atoms with Crippen molar-refractivity contribution in [3.8, 4) is 0 Å². The number of amides is 2. The molecular formula is C14H17N3OS. The van der Waals surface area contributed by atoms with Gasteiger partial charge in [0.1, 0.15) is 0 Å². The van der Waals surface area contributed by atoms with E-state index in [1.807, 2.05) is 26.0 Å². The summed E-state index contributed by atoms with van der Waals surface area (Å²) in [6.07, 6.45) is 1.74. The van der Waals surface area contributed by atoms with Gasteiger partial charge in [-0.05, 0) is 31.9 Å². The highest BCUT2D eigenvalue weighted by molar-refractivity contribution is 7.15. The van der Waals surface area contributed by atoms with Crippen molar-refractivity contribution in [2.45, 2.75) is 27.3 Å². The maximum Gasteiger partial charge on any atom is 0.321 e. The van der Waals surface area contributed by atoms with Crippen LogP contribution in [0.2, 0.25) is 0 Å². The molecule has 0 aliphatic carbocycles. The highest BCUT2D eigenvalue weighted by Crippen LogP contribution is 2.16. The number of benzene rings is 1. The smallest absolute Gasteiger partial charge is 0.321 e. The molecule has 0 atom stereocenters. The Hall–Kier alpha value is -1.88. The van der Waals surface area contributed by atoms with Crippen LogP contribution >= 0.6 is 11.3 Å². The van der Waals surface area contributed by atoms with E-state index in [4.69, 9.17) is 0 Å². The standard InChI is InChI=1S/C14H17N3OS/c1-9-4-5-12(10(2)6-9)8-15-13(18)17-14-16-7-11(3)19-14/h4-7H,8H2,1-3H3,(H2,15,16,17,18). The number of anilines is 1. The Labute approximate surface area is 116 Å². The van der Waals surface area contributed by atoms with Gasteiger partial charge in [0.15, 0.2) is 5.13 Å². The Morgan fingerprint density at radius 3 is 2.74 bits per heavy atom. The van der Waals surface area contributed by atoms with E-state index in [2.05, 4.69) is 28.6 Å². The van der Waals surface area contributed by atoms with Gasteiger partial charge in [-0.3, -0.25) is 5.32 Å². The topological polar surface area (TPSA) is 54.0 Å². The number of aromatic nitrogens is 1. The van der Waals surface area contributed by atoms with E-state index < -0.39 is 0 Å². The van der Waals surface area contributed by atoms with Crippen LogP contribution in [-0.4, -0.2) is 11.0 Å². The summed E-state index contributed by atoms with van der Waals surface area (Å²) >= 11 is 1.46. The summed E-state index contributed by atoms with van der Waals surface area (Å²) in [5.41, 5.74) is 3.53. The average Bonchev–Trinajstić information content (AvgIpc) is 2.73. The highest BCUT2D eigenvalue weighted by atomic mass is 32.1. The molecule has 1 heterocycles. The lowest BCUT2D eigenvalue weighted by Gasteiger charge is -2.08. The number of hydrogen-bond acceptors (Lipinski definition) is 3. The van der Waals surface area contributed by atoms with Gasteiger partial charge in [-0.25, -0.2) is 9.78 Å². The maximum atomic E-state index is 11.7. The Bertz CT molecular complexity index is 592. The van der Waals surface area contributed by atoms with Gasteiger partial charge in [0, 0.05) is 17.6 Å².